The summed E-state index contributed by atoms with van der Waals surface area (Å²) in [4.78, 5) is 4.28. The Morgan fingerprint density at radius 1 is 1.06 bits per heavy atom. The van der Waals surface area contributed by atoms with Crippen LogP contribution in [0.1, 0.15) is 45.4 Å². The van der Waals surface area contributed by atoms with E-state index < -0.39 is 0 Å². The number of aryl methyl sites for hydroxylation is 1. The van der Waals surface area contributed by atoms with Crippen molar-refractivity contribution < 1.29 is 0 Å². The quantitative estimate of drug-likeness (QED) is 0.651. The predicted octanol–water partition coefficient (Wildman–Crippen LogP) is 4.20. The van der Waals surface area contributed by atoms with Crippen LogP contribution in [-0.2, 0) is 6.54 Å². The molecule has 1 radical (unpaired) electrons. The molecule has 1 heterocycles. The molecular formula is C15H21N2. The van der Waals surface area contributed by atoms with Crippen molar-refractivity contribution in [1.29, 1.82) is 0 Å². The summed E-state index contributed by atoms with van der Waals surface area (Å²) < 4.78 is 2.15. The monoisotopic (exact) mass is 229 g/mol. The van der Waals surface area contributed by atoms with E-state index in [9.17, 15) is 0 Å². The molecule has 91 valence electrons. The molecule has 0 unspecified atom stereocenters. The molecule has 2 heteroatoms. The number of fused-ring (bicyclic) bond motifs is 1. The molecule has 17 heavy (non-hydrogen) atoms. The first-order valence-corrected chi connectivity index (χ1v) is 6.75. The van der Waals surface area contributed by atoms with Crippen molar-refractivity contribution in [3.8, 4) is 0 Å². The summed E-state index contributed by atoms with van der Waals surface area (Å²) in [5.74, 6) is 0. The van der Waals surface area contributed by atoms with Gasteiger partial charge in [0, 0.05) is 6.54 Å². The number of aromatic nitrogens is 2. The molecule has 1 aromatic heterocycles. The maximum atomic E-state index is 4.28. The number of benzene rings is 1. The van der Waals surface area contributed by atoms with Crippen LogP contribution in [0.5, 0.6) is 0 Å². The van der Waals surface area contributed by atoms with Gasteiger partial charge in [0.25, 0.3) is 0 Å². The molecule has 2 rings (SSSR count). The lowest BCUT2D eigenvalue weighted by molar-refractivity contribution is 0.562. The highest BCUT2D eigenvalue weighted by atomic mass is 15.0. The molecule has 0 bridgehead atoms. The summed E-state index contributed by atoms with van der Waals surface area (Å²) in [6.45, 7) is 3.30. The van der Waals surface area contributed by atoms with Crippen LogP contribution in [0.3, 0.4) is 0 Å². The van der Waals surface area contributed by atoms with E-state index in [1.54, 1.807) is 0 Å². The maximum absolute atomic E-state index is 4.28. The van der Waals surface area contributed by atoms with Gasteiger partial charge >= 0.3 is 0 Å². The Labute approximate surface area is 104 Å². The van der Waals surface area contributed by atoms with Crippen molar-refractivity contribution in [1.82, 2.24) is 9.55 Å². The fourth-order valence-electron chi connectivity index (χ4n) is 2.18. The van der Waals surface area contributed by atoms with E-state index in [0.29, 0.717) is 0 Å². The van der Waals surface area contributed by atoms with Gasteiger partial charge in [0.05, 0.1) is 11.0 Å². The fraction of sp³-hybridized carbons (Fsp3) is 0.533. The molecule has 0 atom stereocenters. The Kier molecular flexibility index (Phi) is 4.60. The number of hydrogen-bond donors (Lipinski definition) is 0. The molecule has 0 N–H and O–H groups in total. The highest BCUT2D eigenvalue weighted by molar-refractivity contribution is 5.74. The molecule has 0 amide bonds. The molecular weight excluding hydrogens is 208 g/mol. The summed E-state index contributed by atoms with van der Waals surface area (Å²) in [6.07, 6.45) is 11.1. The summed E-state index contributed by atoms with van der Waals surface area (Å²) in [7, 11) is 0. The zero-order valence-corrected chi connectivity index (χ0v) is 10.7. The third kappa shape index (κ3) is 3.32. The van der Waals surface area contributed by atoms with Crippen molar-refractivity contribution in [2.24, 2.45) is 0 Å². The van der Waals surface area contributed by atoms with E-state index in [2.05, 4.69) is 34.9 Å². The molecule has 2 aromatic rings. The van der Waals surface area contributed by atoms with Gasteiger partial charge in [-0.05, 0) is 18.6 Å². The summed E-state index contributed by atoms with van der Waals surface area (Å²) in [5.41, 5.74) is 2.26. The molecule has 0 fully saturated rings. The summed E-state index contributed by atoms with van der Waals surface area (Å²) >= 11 is 0. The van der Waals surface area contributed by atoms with Gasteiger partial charge in [-0.1, -0.05) is 51.2 Å². The molecule has 0 aliphatic heterocycles. The number of rotatable bonds is 7. The fourth-order valence-corrected chi connectivity index (χ4v) is 2.18. The van der Waals surface area contributed by atoms with Gasteiger partial charge in [-0.15, -0.1) is 0 Å². The lowest BCUT2D eigenvalue weighted by atomic mass is 10.1. The Balaban J connectivity index is 1.79. The van der Waals surface area contributed by atoms with Crippen molar-refractivity contribution in [3.05, 3.63) is 30.6 Å². The zero-order chi connectivity index (χ0) is 11.9. The van der Waals surface area contributed by atoms with Crippen LogP contribution in [0, 0.1) is 6.33 Å². The first-order chi connectivity index (χ1) is 8.42. The first-order valence-electron chi connectivity index (χ1n) is 6.75. The lowest BCUT2D eigenvalue weighted by Crippen LogP contribution is -1.96. The number of hydrogen-bond acceptors (Lipinski definition) is 1. The molecule has 0 spiro atoms. The Morgan fingerprint density at radius 3 is 2.71 bits per heavy atom. The highest BCUT2D eigenvalue weighted by Gasteiger charge is 2.01. The van der Waals surface area contributed by atoms with Gasteiger partial charge in [0.2, 0.25) is 0 Å². The Morgan fingerprint density at radius 2 is 1.82 bits per heavy atom. The Bertz CT molecular complexity index is 445. The normalized spacial score (nSPS) is 11.1. The average molecular weight is 229 g/mol. The van der Waals surface area contributed by atoms with Crippen LogP contribution in [0.2, 0.25) is 0 Å². The van der Waals surface area contributed by atoms with Crippen molar-refractivity contribution in [2.45, 2.75) is 52.0 Å². The summed E-state index contributed by atoms with van der Waals surface area (Å²) in [6, 6.07) is 8.26. The number of unbranched alkanes of at least 4 members (excludes halogenated alkanes) is 5. The van der Waals surface area contributed by atoms with Gasteiger partial charge in [0.15, 0.2) is 6.33 Å². The van der Waals surface area contributed by atoms with E-state index in [0.717, 1.165) is 12.1 Å². The van der Waals surface area contributed by atoms with Crippen molar-refractivity contribution in [3.63, 3.8) is 0 Å². The van der Waals surface area contributed by atoms with E-state index in [1.165, 1.54) is 44.0 Å². The topological polar surface area (TPSA) is 17.8 Å². The SMILES string of the molecule is CCCCCCCCn1[c]nc2ccccc21. The van der Waals surface area contributed by atoms with Crippen LogP contribution in [0.15, 0.2) is 24.3 Å². The predicted molar refractivity (Wildman–Crippen MR) is 71.9 cm³/mol. The minimum absolute atomic E-state index is 1.05. The van der Waals surface area contributed by atoms with Gasteiger partial charge in [0.1, 0.15) is 0 Å². The number of imidazole rings is 1. The third-order valence-corrected chi connectivity index (χ3v) is 3.20. The lowest BCUT2D eigenvalue weighted by Gasteiger charge is -2.03. The van der Waals surface area contributed by atoms with Gasteiger partial charge in [-0.3, -0.25) is 0 Å². The molecule has 0 aliphatic rings. The zero-order valence-electron chi connectivity index (χ0n) is 10.7. The molecule has 0 saturated carbocycles. The minimum Gasteiger partial charge on any atom is -0.321 e. The smallest absolute Gasteiger partial charge is 0.177 e. The summed E-state index contributed by atoms with van der Waals surface area (Å²) in [5, 5.41) is 0. The Hall–Kier alpha value is -1.31. The minimum atomic E-state index is 1.05. The largest absolute Gasteiger partial charge is 0.321 e. The van der Waals surface area contributed by atoms with Crippen LogP contribution < -0.4 is 0 Å². The first kappa shape index (κ1) is 12.2. The van der Waals surface area contributed by atoms with Crippen LogP contribution in [0.4, 0.5) is 0 Å². The molecule has 1 aromatic carbocycles. The van der Waals surface area contributed by atoms with Crippen molar-refractivity contribution in [2.75, 3.05) is 0 Å². The van der Waals surface area contributed by atoms with Gasteiger partial charge < -0.3 is 4.57 Å². The van der Waals surface area contributed by atoms with Crippen LogP contribution in [-0.4, -0.2) is 9.55 Å². The number of para-hydroxylation sites is 2. The average Bonchev–Trinajstić information content (AvgIpc) is 2.77. The molecule has 0 saturated heterocycles. The van der Waals surface area contributed by atoms with Crippen LogP contribution in [0.25, 0.3) is 11.0 Å². The maximum Gasteiger partial charge on any atom is 0.177 e. The molecule has 0 aliphatic carbocycles. The molecule has 2 nitrogen and oxygen atoms in total. The third-order valence-electron chi connectivity index (χ3n) is 3.20. The van der Waals surface area contributed by atoms with E-state index in [-0.39, 0.29) is 0 Å². The second-order valence-electron chi connectivity index (χ2n) is 4.62. The van der Waals surface area contributed by atoms with E-state index >= 15 is 0 Å². The van der Waals surface area contributed by atoms with Crippen LogP contribution >= 0.6 is 0 Å². The highest BCUT2D eigenvalue weighted by Crippen LogP contribution is 2.13. The van der Waals surface area contributed by atoms with E-state index in [4.69, 9.17) is 0 Å². The number of nitrogens with zero attached hydrogens (tertiary/aromatic N) is 2. The second-order valence-corrected chi connectivity index (χ2v) is 4.62. The van der Waals surface area contributed by atoms with Crippen molar-refractivity contribution >= 4 is 11.0 Å². The van der Waals surface area contributed by atoms with E-state index in [1.807, 2.05) is 12.1 Å². The van der Waals surface area contributed by atoms with Gasteiger partial charge in [-0.25, -0.2) is 4.98 Å². The second kappa shape index (κ2) is 6.43. The van der Waals surface area contributed by atoms with Gasteiger partial charge in [-0.2, -0.15) is 0 Å². The standard InChI is InChI=1S/C15H21N2/c1-2-3-4-5-6-9-12-17-13-16-14-10-7-8-11-15(14)17/h7-8,10-11H,2-6,9,12H2,1H3.